The van der Waals surface area contributed by atoms with E-state index >= 15 is 0 Å². The molecule has 1 aliphatic rings. The van der Waals surface area contributed by atoms with Gasteiger partial charge in [0.25, 0.3) is 0 Å². The van der Waals surface area contributed by atoms with Crippen LogP contribution in [0, 0.1) is 0 Å². The van der Waals surface area contributed by atoms with Crippen LogP contribution in [0.5, 0.6) is 11.5 Å². The predicted octanol–water partition coefficient (Wildman–Crippen LogP) is 5.96. The number of rotatable bonds is 8. The molecule has 3 aromatic rings. The van der Waals surface area contributed by atoms with Crippen LogP contribution in [-0.2, 0) is 21.6 Å². The highest BCUT2D eigenvalue weighted by Crippen LogP contribution is 2.64. The van der Waals surface area contributed by atoms with Crippen molar-refractivity contribution in [1.29, 1.82) is 0 Å². The highest BCUT2D eigenvalue weighted by atomic mass is 19.3. The van der Waals surface area contributed by atoms with E-state index in [2.05, 4.69) is 0 Å². The summed E-state index contributed by atoms with van der Waals surface area (Å²) in [5.41, 5.74) is -2.73. The Hall–Kier alpha value is -3.88. The van der Waals surface area contributed by atoms with Crippen molar-refractivity contribution in [3.8, 4) is 11.5 Å². The minimum atomic E-state index is -4.66. The first kappa shape index (κ1) is 25.2. The van der Waals surface area contributed by atoms with Gasteiger partial charge in [0.05, 0.1) is 12.2 Å². The first-order valence-electron chi connectivity index (χ1n) is 11.1. The molecule has 0 bridgehead atoms. The van der Waals surface area contributed by atoms with Crippen molar-refractivity contribution in [2.45, 2.75) is 37.2 Å². The van der Waals surface area contributed by atoms with E-state index in [0.717, 1.165) is 12.1 Å². The number of carbonyl (C=O) groups is 2. The smallest absolute Gasteiger partial charge is 0.343 e. The van der Waals surface area contributed by atoms with Gasteiger partial charge in [0.1, 0.15) is 18.1 Å². The second kappa shape index (κ2) is 9.64. The number of alkyl halides is 4. The van der Waals surface area contributed by atoms with Gasteiger partial charge < -0.3 is 14.2 Å². The second-order valence-electron chi connectivity index (χ2n) is 8.30. The average molecular weight is 502 g/mol. The van der Waals surface area contributed by atoms with Crippen LogP contribution in [0.25, 0.3) is 0 Å². The lowest BCUT2D eigenvalue weighted by Crippen LogP contribution is -2.72. The molecule has 0 saturated heterocycles. The average Bonchev–Trinajstić information content (AvgIpc) is 2.87. The zero-order chi connectivity index (χ0) is 26.0. The van der Waals surface area contributed by atoms with Gasteiger partial charge in [0.15, 0.2) is 5.41 Å². The molecule has 0 N–H and O–H groups in total. The lowest BCUT2D eigenvalue weighted by molar-refractivity contribution is -0.323. The monoisotopic (exact) mass is 502 g/mol. The Kier molecular flexibility index (Phi) is 6.75. The largest absolute Gasteiger partial charge is 0.494 e. The van der Waals surface area contributed by atoms with Crippen LogP contribution in [0.2, 0.25) is 0 Å². The number of ether oxygens (including phenoxy) is 3. The molecule has 1 aliphatic carbocycles. The van der Waals surface area contributed by atoms with Crippen LogP contribution in [0.3, 0.4) is 0 Å². The molecule has 36 heavy (non-hydrogen) atoms. The summed E-state index contributed by atoms with van der Waals surface area (Å²) in [7, 11) is 0. The molecule has 4 rings (SSSR count). The number of benzene rings is 3. The first-order valence-corrected chi connectivity index (χ1v) is 11.1. The fourth-order valence-electron chi connectivity index (χ4n) is 4.08. The molecule has 1 atom stereocenters. The van der Waals surface area contributed by atoms with E-state index in [1.165, 1.54) is 36.4 Å². The molecule has 0 amide bonds. The van der Waals surface area contributed by atoms with Crippen molar-refractivity contribution in [2.75, 3.05) is 6.61 Å². The van der Waals surface area contributed by atoms with Gasteiger partial charge >= 0.3 is 23.8 Å². The third kappa shape index (κ3) is 4.41. The molecule has 3 aromatic carbocycles. The Bertz CT molecular complexity index is 1240. The topological polar surface area (TPSA) is 61.8 Å². The maximum Gasteiger partial charge on any atom is 0.343 e. The van der Waals surface area contributed by atoms with Gasteiger partial charge in [0.2, 0.25) is 0 Å². The Morgan fingerprint density at radius 3 is 2.17 bits per heavy atom. The van der Waals surface area contributed by atoms with E-state index in [1.807, 2.05) is 0 Å². The van der Waals surface area contributed by atoms with Crippen LogP contribution >= 0.6 is 0 Å². The maximum absolute atomic E-state index is 14.8. The molecule has 9 heteroatoms. The number of carbonyl (C=O) groups excluding carboxylic acids is 2. The summed E-state index contributed by atoms with van der Waals surface area (Å²) in [5.74, 6) is -10.5. The third-order valence-corrected chi connectivity index (χ3v) is 5.98. The number of hydrogen-bond acceptors (Lipinski definition) is 5. The van der Waals surface area contributed by atoms with Gasteiger partial charge in [-0.15, -0.1) is 0 Å². The van der Waals surface area contributed by atoms with Crippen molar-refractivity contribution in [2.24, 2.45) is 0 Å². The minimum Gasteiger partial charge on any atom is -0.494 e. The molecular formula is C27H22F4O5. The van der Waals surface area contributed by atoms with Gasteiger partial charge in [0, 0.05) is 6.42 Å². The molecule has 0 radical (unpaired) electrons. The highest BCUT2D eigenvalue weighted by Gasteiger charge is 2.84. The van der Waals surface area contributed by atoms with Crippen molar-refractivity contribution in [3.05, 3.63) is 95.6 Å². The van der Waals surface area contributed by atoms with E-state index in [9.17, 15) is 27.2 Å². The first-order chi connectivity index (χ1) is 17.1. The maximum atomic E-state index is 14.8. The van der Waals surface area contributed by atoms with E-state index in [0.29, 0.717) is 23.7 Å². The predicted molar refractivity (Wildman–Crippen MR) is 121 cm³/mol. The minimum absolute atomic E-state index is 0.133. The standard InChI is InChI=1S/C27H22F4O5/c1-2-34-21-13-11-20(12-14-21)25(17-26(28,29)27(25,30)31)24(33)35-16-18-7-6-8-19(15-18)23(32)36-22-9-4-3-5-10-22/h3-15H,2,16-17H2,1H3. The van der Waals surface area contributed by atoms with Crippen molar-refractivity contribution < 1.29 is 41.4 Å². The van der Waals surface area contributed by atoms with Gasteiger partial charge in [-0.05, 0) is 54.4 Å². The molecule has 5 nitrogen and oxygen atoms in total. The van der Waals surface area contributed by atoms with Crippen LogP contribution in [0.15, 0.2) is 78.9 Å². The Balaban J connectivity index is 1.52. The lowest BCUT2D eigenvalue weighted by atomic mass is 9.58. The van der Waals surface area contributed by atoms with Gasteiger partial charge in [-0.1, -0.05) is 42.5 Å². The third-order valence-electron chi connectivity index (χ3n) is 5.98. The summed E-state index contributed by atoms with van der Waals surface area (Å²) in [6, 6.07) is 19.2. The summed E-state index contributed by atoms with van der Waals surface area (Å²) < 4.78 is 73.0. The summed E-state index contributed by atoms with van der Waals surface area (Å²) in [4.78, 5) is 25.3. The summed E-state index contributed by atoms with van der Waals surface area (Å²) in [6.45, 7) is 1.54. The fraction of sp³-hybridized carbons (Fsp3) is 0.259. The number of halogens is 4. The molecule has 0 aromatic heterocycles. The van der Waals surface area contributed by atoms with E-state index in [-0.39, 0.29) is 11.1 Å². The van der Waals surface area contributed by atoms with Crippen molar-refractivity contribution in [1.82, 2.24) is 0 Å². The van der Waals surface area contributed by atoms with Crippen molar-refractivity contribution in [3.63, 3.8) is 0 Å². The second-order valence-corrected chi connectivity index (χ2v) is 8.30. The summed E-state index contributed by atoms with van der Waals surface area (Å²) >= 11 is 0. The Morgan fingerprint density at radius 2 is 1.56 bits per heavy atom. The molecule has 0 spiro atoms. The number of hydrogen-bond donors (Lipinski definition) is 0. The summed E-state index contributed by atoms with van der Waals surface area (Å²) in [5, 5.41) is 0. The Morgan fingerprint density at radius 1 is 0.861 bits per heavy atom. The van der Waals surface area contributed by atoms with E-state index in [4.69, 9.17) is 14.2 Å². The summed E-state index contributed by atoms with van der Waals surface area (Å²) in [6.07, 6.45) is -1.40. The number of para-hydroxylation sites is 1. The molecule has 1 unspecified atom stereocenters. The number of esters is 2. The molecule has 1 saturated carbocycles. The van der Waals surface area contributed by atoms with Crippen LogP contribution in [-0.4, -0.2) is 30.4 Å². The molecule has 0 heterocycles. The Labute approximate surface area is 204 Å². The van der Waals surface area contributed by atoms with Crippen LogP contribution in [0.1, 0.15) is 34.8 Å². The quantitative estimate of drug-likeness (QED) is 0.216. The van der Waals surface area contributed by atoms with E-state index in [1.54, 1.807) is 37.3 Å². The molecular weight excluding hydrogens is 480 g/mol. The molecule has 1 fully saturated rings. The normalized spacial score (nSPS) is 19.6. The van der Waals surface area contributed by atoms with Crippen molar-refractivity contribution >= 4 is 11.9 Å². The SMILES string of the molecule is CCOc1ccc(C2(C(=O)OCc3cccc(C(=O)Oc4ccccc4)c3)CC(F)(F)C2(F)F)cc1. The highest BCUT2D eigenvalue weighted by molar-refractivity contribution is 5.91. The molecule has 0 aliphatic heterocycles. The zero-order valence-electron chi connectivity index (χ0n) is 19.2. The lowest BCUT2D eigenvalue weighted by Gasteiger charge is -2.51. The van der Waals surface area contributed by atoms with Gasteiger partial charge in [-0.2, -0.15) is 17.6 Å². The zero-order valence-corrected chi connectivity index (χ0v) is 19.2. The van der Waals surface area contributed by atoms with E-state index < -0.39 is 42.2 Å². The molecule has 188 valence electrons. The van der Waals surface area contributed by atoms with Gasteiger partial charge in [-0.25, -0.2) is 4.79 Å². The fourth-order valence-corrected chi connectivity index (χ4v) is 4.08. The van der Waals surface area contributed by atoms with Gasteiger partial charge in [-0.3, -0.25) is 4.79 Å². The van der Waals surface area contributed by atoms with Crippen LogP contribution < -0.4 is 9.47 Å². The van der Waals surface area contributed by atoms with Crippen LogP contribution in [0.4, 0.5) is 17.6 Å².